The summed E-state index contributed by atoms with van der Waals surface area (Å²) in [5, 5.41) is 8.50. The summed E-state index contributed by atoms with van der Waals surface area (Å²) in [7, 11) is 3.58. The lowest BCUT2D eigenvalue weighted by Crippen LogP contribution is -3.00. The summed E-state index contributed by atoms with van der Waals surface area (Å²) in [4.78, 5) is 11.6. The molecule has 1 N–H and O–H groups in total. The van der Waals surface area contributed by atoms with E-state index in [1.165, 1.54) is 0 Å². The van der Waals surface area contributed by atoms with Crippen molar-refractivity contribution in [3.05, 3.63) is 0 Å². The smallest absolute Gasteiger partial charge is 0.326 e. The Bertz CT molecular complexity index is 164. The number of amides is 1. The van der Waals surface area contributed by atoms with E-state index in [9.17, 15) is 4.79 Å². The number of likely N-dealkylation sites (N-methyl/N-ethyl adjacent to an activating group) is 1. The Hall–Kier alpha value is 0.670. The van der Waals surface area contributed by atoms with Gasteiger partial charge < -0.3 is 29.1 Å². The van der Waals surface area contributed by atoms with Crippen LogP contribution in [0, 0.1) is 0 Å². The summed E-state index contributed by atoms with van der Waals surface area (Å²) < 4.78 is 0.207. The number of halogens is 1. The summed E-state index contributed by atoms with van der Waals surface area (Å²) in [6.07, 6.45) is 0.731. The van der Waals surface area contributed by atoms with Crippen molar-refractivity contribution < 1.29 is 38.4 Å². The van der Waals surface area contributed by atoms with E-state index in [2.05, 4.69) is 12.6 Å². The molecule has 0 heterocycles. The molecule has 1 unspecified atom stereocenters. The third kappa shape index (κ3) is 5.19. The minimum atomic E-state index is -0.216. The zero-order valence-corrected chi connectivity index (χ0v) is 11.4. The summed E-state index contributed by atoms with van der Waals surface area (Å²) in [5.41, 5.74) is 0. The average Bonchev–Trinajstić information content (AvgIpc) is 2.01. The van der Waals surface area contributed by atoms with Gasteiger partial charge in [-0.1, -0.05) is 6.92 Å². The van der Waals surface area contributed by atoms with Crippen molar-refractivity contribution in [2.45, 2.75) is 18.6 Å². The highest BCUT2D eigenvalue weighted by molar-refractivity contribution is 7.81. The number of aliphatic hydroxyl groups is 1. The lowest BCUT2D eigenvalue weighted by molar-refractivity contribution is -0.814. The van der Waals surface area contributed by atoms with Crippen molar-refractivity contribution >= 4 is 18.5 Å². The predicted octanol–water partition coefficient (Wildman–Crippen LogP) is -2.71. The number of carbonyl (C=O) groups is 1. The fourth-order valence-corrected chi connectivity index (χ4v) is 1.25. The number of hydrogen-bond donors (Lipinski definition) is 2. The molecule has 80 valence electrons. The Labute approximate surface area is 103 Å². The highest BCUT2D eigenvalue weighted by atomic mass is 127. The molecular weight excluding hydrogens is 301 g/mol. The molecule has 0 aromatic heterocycles. The molecule has 13 heavy (non-hydrogen) atoms. The van der Waals surface area contributed by atoms with Gasteiger partial charge in [0.05, 0.1) is 20.7 Å². The number of aliphatic hydroxyl groups excluding tert-OH is 1. The number of nitrogens with zero attached hydrogens (tertiary/aromatic N) is 1. The maximum atomic E-state index is 11.6. The maximum absolute atomic E-state index is 11.6. The van der Waals surface area contributed by atoms with Gasteiger partial charge in [0.1, 0.15) is 11.8 Å². The number of thiol groups is 1. The molecule has 1 amide bonds. The summed E-state index contributed by atoms with van der Waals surface area (Å²) in [5.74, 6) is 0.0647. The summed E-state index contributed by atoms with van der Waals surface area (Å²) in [6.45, 7) is 2.41. The lowest BCUT2D eigenvalue weighted by Gasteiger charge is -2.27. The van der Waals surface area contributed by atoms with E-state index in [1.54, 1.807) is 14.1 Å². The molecule has 0 aliphatic carbocycles. The summed E-state index contributed by atoms with van der Waals surface area (Å²) in [6, 6.07) is 0. The molecule has 0 rings (SSSR count). The standard InChI is InChI=1S/C8H17NO2S.HI/c1-4-7(12)8(11)9(2,3)5-6-10;/h7,10H,4-6H2,1-3H3;1H. The molecule has 0 spiro atoms. The normalized spacial score (nSPS) is 13.3. The second-order valence-electron chi connectivity index (χ2n) is 3.39. The van der Waals surface area contributed by atoms with Gasteiger partial charge in [-0.15, -0.1) is 0 Å². The highest BCUT2D eigenvalue weighted by Gasteiger charge is 2.30. The van der Waals surface area contributed by atoms with Gasteiger partial charge in [-0.05, 0) is 6.42 Å². The SMILES string of the molecule is CCC(S)C(=O)[N+](C)(C)CCO.[I-]. The molecule has 1 atom stereocenters. The van der Waals surface area contributed by atoms with Crippen LogP contribution in [0.15, 0.2) is 0 Å². The molecule has 3 nitrogen and oxygen atoms in total. The zero-order chi connectivity index (χ0) is 9.78. The third-order valence-electron chi connectivity index (χ3n) is 1.93. The Morgan fingerprint density at radius 1 is 1.54 bits per heavy atom. The largest absolute Gasteiger partial charge is 1.00 e. The average molecular weight is 319 g/mol. The quantitative estimate of drug-likeness (QED) is 0.336. The Balaban J connectivity index is 0. The molecule has 0 radical (unpaired) electrons. The monoisotopic (exact) mass is 319 g/mol. The fourth-order valence-electron chi connectivity index (χ4n) is 0.938. The third-order valence-corrected chi connectivity index (χ3v) is 2.51. The molecule has 0 aliphatic heterocycles. The number of quaternary nitrogens is 1. The van der Waals surface area contributed by atoms with E-state index in [1.807, 2.05) is 6.92 Å². The molecular formula is C8H18INO2S. The Morgan fingerprint density at radius 3 is 2.31 bits per heavy atom. The molecule has 0 aromatic rings. The van der Waals surface area contributed by atoms with Crippen molar-refractivity contribution in [2.75, 3.05) is 27.2 Å². The lowest BCUT2D eigenvalue weighted by atomic mass is 10.2. The predicted molar refractivity (Wildman–Crippen MR) is 52.1 cm³/mol. The first-order valence-corrected chi connectivity index (χ1v) is 4.63. The van der Waals surface area contributed by atoms with Crippen LogP contribution in [0.1, 0.15) is 13.3 Å². The molecule has 0 bridgehead atoms. The van der Waals surface area contributed by atoms with Crippen molar-refractivity contribution in [1.29, 1.82) is 0 Å². The van der Waals surface area contributed by atoms with Crippen molar-refractivity contribution in [3.8, 4) is 0 Å². The van der Waals surface area contributed by atoms with Gasteiger partial charge in [0.2, 0.25) is 0 Å². The van der Waals surface area contributed by atoms with Gasteiger partial charge in [-0.2, -0.15) is 12.6 Å². The van der Waals surface area contributed by atoms with Gasteiger partial charge in [0.25, 0.3) is 0 Å². The molecule has 5 heteroatoms. The Morgan fingerprint density at radius 2 is 2.00 bits per heavy atom. The first kappa shape index (κ1) is 16.1. The molecule has 0 saturated heterocycles. The van der Waals surface area contributed by atoms with Crippen LogP contribution in [-0.2, 0) is 4.79 Å². The van der Waals surface area contributed by atoms with Gasteiger partial charge in [-0.3, -0.25) is 4.48 Å². The van der Waals surface area contributed by atoms with Crippen LogP contribution < -0.4 is 24.0 Å². The van der Waals surface area contributed by atoms with Crippen LogP contribution in [0.2, 0.25) is 0 Å². The number of rotatable bonds is 4. The fraction of sp³-hybridized carbons (Fsp3) is 0.875. The number of carbonyl (C=O) groups excluding carboxylic acids is 1. The first-order chi connectivity index (χ1) is 5.45. The van der Waals surface area contributed by atoms with Gasteiger partial charge in [0.15, 0.2) is 0 Å². The number of hydrogen-bond acceptors (Lipinski definition) is 3. The van der Waals surface area contributed by atoms with Crippen molar-refractivity contribution in [2.24, 2.45) is 0 Å². The second kappa shape index (κ2) is 7.03. The minimum Gasteiger partial charge on any atom is -1.00 e. The van der Waals surface area contributed by atoms with Crippen LogP contribution in [0.3, 0.4) is 0 Å². The van der Waals surface area contributed by atoms with Gasteiger partial charge >= 0.3 is 5.91 Å². The topological polar surface area (TPSA) is 37.3 Å². The van der Waals surface area contributed by atoms with E-state index in [-0.39, 0.29) is 46.2 Å². The molecule has 0 saturated carbocycles. The van der Waals surface area contributed by atoms with Gasteiger partial charge in [-0.25, -0.2) is 4.79 Å². The van der Waals surface area contributed by atoms with E-state index >= 15 is 0 Å². The second-order valence-corrected chi connectivity index (χ2v) is 4.02. The highest BCUT2D eigenvalue weighted by Crippen LogP contribution is 2.09. The molecule has 0 aliphatic rings. The van der Waals surface area contributed by atoms with Gasteiger partial charge in [0, 0.05) is 0 Å². The zero-order valence-electron chi connectivity index (χ0n) is 8.33. The molecule has 0 fully saturated rings. The van der Waals surface area contributed by atoms with Crippen LogP contribution in [-0.4, -0.2) is 48.0 Å². The van der Waals surface area contributed by atoms with Crippen molar-refractivity contribution in [3.63, 3.8) is 0 Å². The van der Waals surface area contributed by atoms with Crippen molar-refractivity contribution in [1.82, 2.24) is 0 Å². The minimum absolute atomic E-state index is 0. The molecule has 0 aromatic carbocycles. The van der Waals surface area contributed by atoms with E-state index < -0.39 is 0 Å². The summed E-state index contributed by atoms with van der Waals surface area (Å²) >= 11 is 4.16. The van der Waals surface area contributed by atoms with Crippen LogP contribution in [0.5, 0.6) is 0 Å². The van der Waals surface area contributed by atoms with E-state index in [0.29, 0.717) is 6.54 Å². The van der Waals surface area contributed by atoms with Crippen LogP contribution in [0.4, 0.5) is 0 Å². The van der Waals surface area contributed by atoms with E-state index in [0.717, 1.165) is 6.42 Å². The van der Waals surface area contributed by atoms with Crippen LogP contribution in [0.25, 0.3) is 0 Å². The Kier molecular flexibility index (Phi) is 8.71. The first-order valence-electron chi connectivity index (χ1n) is 4.12. The van der Waals surface area contributed by atoms with E-state index in [4.69, 9.17) is 5.11 Å². The maximum Gasteiger partial charge on any atom is 0.326 e. The van der Waals surface area contributed by atoms with Crippen LogP contribution >= 0.6 is 12.6 Å².